The summed E-state index contributed by atoms with van der Waals surface area (Å²) in [5.41, 5.74) is -0.812. The lowest BCUT2D eigenvalue weighted by atomic mass is 9.77. The number of nitrogens with one attached hydrogen (secondary N) is 1. The Labute approximate surface area is 138 Å². The molecule has 2 aliphatic rings. The van der Waals surface area contributed by atoms with Crippen molar-refractivity contribution in [1.29, 1.82) is 0 Å². The second-order valence-electron chi connectivity index (χ2n) is 6.19. The normalized spacial score (nSPS) is 28.0. The fourth-order valence-corrected chi connectivity index (χ4v) is 3.27. The average molecular weight is 338 g/mol. The number of hydrogen-bond acceptors (Lipinski definition) is 3. The van der Waals surface area contributed by atoms with Crippen LogP contribution in [0, 0.1) is 11.7 Å². The molecule has 0 unspecified atom stereocenters. The lowest BCUT2D eigenvalue weighted by Gasteiger charge is -2.33. The van der Waals surface area contributed by atoms with Crippen LogP contribution in [0.3, 0.4) is 0 Å². The third kappa shape index (κ3) is 2.83. The summed E-state index contributed by atoms with van der Waals surface area (Å²) < 4.78 is 13.7. The summed E-state index contributed by atoms with van der Waals surface area (Å²) in [4.78, 5) is 24.7. The van der Waals surface area contributed by atoms with E-state index >= 15 is 0 Å². The molecule has 2 fully saturated rings. The molecule has 1 heterocycles. The minimum atomic E-state index is -0.861. The van der Waals surface area contributed by atoms with Gasteiger partial charge in [0.1, 0.15) is 11.4 Å². The van der Waals surface area contributed by atoms with E-state index in [2.05, 4.69) is 17.3 Å². The van der Waals surface area contributed by atoms with Crippen LogP contribution in [0.4, 0.5) is 9.18 Å². The zero-order chi connectivity index (χ0) is 16.6. The monoisotopic (exact) mass is 337 g/mol. The Bertz CT molecular complexity index is 664. The Morgan fingerprint density at radius 2 is 2.09 bits per heavy atom. The van der Waals surface area contributed by atoms with Crippen LogP contribution in [0.1, 0.15) is 38.2 Å². The summed E-state index contributed by atoms with van der Waals surface area (Å²) in [6, 6.07) is 3.65. The fraction of sp³-hybridized carbons (Fsp3) is 0.438. The second kappa shape index (κ2) is 5.92. The van der Waals surface area contributed by atoms with E-state index in [4.69, 9.17) is 11.6 Å². The number of hydrazone groups is 1. The molecule has 0 radical (unpaired) electrons. The van der Waals surface area contributed by atoms with Crippen LogP contribution < -0.4 is 5.32 Å². The molecule has 1 aliphatic carbocycles. The summed E-state index contributed by atoms with van der Waals surface area (Å²) in [5, 5.41) is 7.57. The Morgan fingerprint density at radius 3 is 2.74 bits per heavy atom. The highest BCUT2D eigenvalue weighted by Gasteiger charge is 2.52. The molecule has 0 aromatic heterocycles. The number of rotatable bonds is 2. The Balaban J connectivity index is 1.82. The second-order valence-corrected chi connectivity index (χ2v) is 6.60. The minimum Gasteiger partial charge on any atom is -0.321 e. The number of urea groups is 1. The van der Waals surface area contributed by atoms with E-state index in [-0.39, 0.29) is 16.5 Å². The molecule has 23 heavy (non-hydrogen) atoms. The van der Waals surface area contributed by atoms with Gasteiger partial charge in [0, 0.05) is 5.56 Å². The van der Waals surface area contributed by atoms with E-state index in [1.165, 1.54) is 18.2 Å². The van der Waals surface area contributed by atoms with Gasteiger partial charge in [0.2, 0.25) is 0 Å². The Hall–Kier alpha value is -1.95. The van der Waals surface area contributed by atoms with Gasteiger partial charge in [0.15, 0.2) is 0 Å². The Morgan fingerprint density at radius 1 is 1.39 bits per heavy atom. The van der Waals surface area contributed by atoms with Crippen LogP contribution in [-0.2, 0) is 4.79 Å². The van der Waals surface area contributed by atoms with Gasteiger partial charge in [-0.2, -0.15) is 5.10 Å². The fourth-order valence-electron chi connectivity index (χ4n) is 3.05. The van der Waals surface area contributed by atoms with Gasteiger partial charge >= 0.3 is 6.03 Å². The van der Waals surface area contributed by atoms with Crippen molar-refractivity contribution in [1.82, 2.24) is 10.3 Å². The van der Waals surface area contributed by atoms with Crippen molar-refractivity contribution in [3.63, 3.8) is 0 Å². The molecule has 7 heteroatoms. The average Bonchev–Trinajstić information content (AvgIpc) is 2.74. The predicted octanol–water partition coefficient (Wildman–Crippen LogP) is 3.31. The van der Waals surface area contributed by atoms with Crippen LogP contribution in [0.15, 0.2) is 23.3 Å². The number of benzene rings is 1. The van der Waals surface area contributed by atoms with Crippen LogP contribution in [0.25, 0.3) is 0 Å². The molecule has 1 saturated carbocycles. The maximum atomic E-state index is 13.7. The van der Waals surface area contributed by atoms with Gasteiger partial charge in [-0.1, -0.05) is 24.6 Å². The largest absolute Gasteiger partial charge is 0.346 e. The first-order valence-electron chi connectivity index (χ1n) is 7.58. The molecule has 1 aromatic carbocycles. The van der Waals surface area contributed by atoms with E-state index in [0.29, 0.717) is 18.8 Å². The van der Waals surface area contributed by atoms with Crippen LogP contribution in [0.2, 0.25) is 5.02 Å². The predicted molar refractivity (Wildman–Crippen MR) is 84.7 cm³/mol. The quantitative estimate of drug-likeness (QED) is 0.664. The van der Waals surface area contributed by atoms with E-state index < -0.39 is 17.4 Å². The van der Waals surface area contributed by atoms with E-state index in [1.54, 1.807) is 0 Å². The van der Waals surface area contributed by atoms with Crippen LogP contribution in [-0.4, -0.2) is 28.7 Å². The van der Waals surface area contributed by atoms with Crippen molar-refractivity contribution in [2.45, 2.75) is 38.1 Å². The standard InChI is InChI=1S/C16H17ClFN3O2/c1-10-5-7-16(8-6-10)14(22)21(15(23)20-16)19-9-11-12(17)3-2-4-13(11)18/h2-4,9-10H,5-8H2,1H3,(H,20,23)/b19-9+. The number of hydrogen-bond donors (Lipinski definition) is 1. The third-order valence-corrected chi connectivity index (χ3v) is 4.90. The molecular formula is C16H17ClFN3O2. The van der Waals surface area contributed by atoms with E-state index in [1.807, 2.05) is 0 Å². The van der Waals surface area contributed by atoms with Gasteiger partial charge in [-0.3, -0.25) is 4.79 Å². The van der Waals surface area contributed by atoms with Crippen molar-refractivity contribution >= 4 is 29.8 Å². The maximum Gasteiger partial charge on any atom is 0.346 e. The van der Waals surface area contributed by atoms with Gasteiger partial charge in [0.25, 0.3) is 5.91 Å². The number of nitrogens with zero attached hydrogens (tertiary/aromatic N) is 2. The van der Waals surface area contributed by atoms with Crippen molar-refractivity contribution in [2.24, 2.45) is 11.0 Å². The van der Waals surface area contributed by atoms with Crippen molar-refractivity contribution in [3.05, 3.63) is 34.6 Å². The molecule has 0 bridgehead atoms. The first-order chi connectivity index (χ1) is 10.9. The number of carbonyl (C=O) groups is 2. The highest BCUT2D eigenvalue weighted by atomic mass is 35.5. The molecule has 5 nitrogen and oxygen atoms in total. The summed E-state index contributed by atoms with van der Waals surface area (Å²) in [7, 11) is 0. The van der Waals surface area contributed by atoms with E-state index in [9.17, 15) is 14.0 Å². The van der Waals surface area contributed by atoms with Crippen LogP contribution in [0.5, 0.6) is 0 Å². The number of carbonyl (C=O) groups excluding carboxylic acids is 2. The molecule has 3 amide bonds. The summed E-state index contributed by atoms with van der Waals surface area (Å²) >= 11 is 5.91. The minimum absolute atomic E-state index is 0.0491. The molecule has 122 valence electrons. The molecule has 1 aliphatic heterocycles. The SMILES string of the molecule is CC1CCC2(CC1)NC(=O)N(/N=C/c1c(F)cccc1Cl)C2=O. The number of amides is 3. The molecule has 1 spiro atoms. The maximum absolute atomic E-state index is 13.7. The third-order valence-electron chi connectivity index (χ3n) is 4.57. The van der Waals surface area contributed by atoms with Crippen molar-refractivity contribution in [3.8, 4) is 0 Å². The summed E-state index contributed by atoms with van der Waals surface area (Å²) in [6.07, 6.45) is 4.07. The first-order valence-corrected chi connectivity index (χ1v) is 7.95. The summed E-state index contributed by atoms with van der Waals surface area (Å²) in [6.45, 7) is 2.13. The van der Waals surface area contributed by atoms with Crippen molar-refractivity contribution in [2.75, 3.05) is 0 Å². The topological polar surface area (TPSA) is 61.8 Å². The van der Waals surface area contributed by atoms with Gasteiger partial charge in [-0.25, -0.2) is 9.18 Å². The lowest BCUT2D eigenvalue weighted by Crippen LogP contribution is -2.49. The molecule has 1 aromatic rings. The van der Waals surface area contributed by atoms with Crippen LogP contribution >= 0.6 is 11.6 Å². The number of imide groups is 1. The highest BCUT2D eigenvalue weighted by Crippen LogP contribution is 2.36. The Kier molecular flexibility index (Phi) is 4.10. The first kappa shape index (κ1) is 15.9. The zero-order valence-corrected chi connectivity index (χ0v) is 13.4. The molecule has 1 N–H and O–H groups in total. The van der Waals surface area contributed by atoms with Gasteiger partial charge in [-0.05, 0) is 43.7 Å². The molecule has 3 rings (SSSR count). The van der Waals surface area contributed by atoms with E-state index in [0.717, 1.165) is 24.1 Å². The summed E-state index contributed by atoms with van der Waals surface area (Å²) in [5.74, 6) is -0.396. The smallest absolute Gasteiger partial charge is 0.321 e. The highest BCUT2D eigenvalue weighted by molar-refractivity contribution is 6.33. The zero-order valence-electron chi connectivity index (χ0n) is 12.7. The van der Waals surface area contributed by atoms with Gasteiger partial charge < -0.3 is 5.32 Å². The molecule has 1 saturated heterocycles. The van der Waals surface area contributed by atoms with Crippen molar-refractivity contribution < 1.29 is 14.0 Å². The molecule has 0 atom stereocenters. The molecular weight excluding hydrogens is 321 g/mol. The lowest BCUT2D eigenvalue weighted by molar-refractivity contribution is -0.132. The van der Waals surface area contributed by atoms with Gasteiger partial charge in [0.05, 0.1) is 11.2 Å². The van der Waals surface area contributed by atoms with Gasteiger partial charge in [-0.15, -0.1) is 5.01 Å². The number of halogens is 2.